The zero-order valence-corrected chi connectivity index (χ0v) is 11.2. The van der Waals surface area contributed by atoms with Crippen molar-refractivity contribution >= 4 is 11.9 Å². The van der Waals surface area contributed by atoms with Gasteiger partial charge in [0.1, 0.15) is 12.1 Å². The molecule has 3 rings (SSSR count). The summed E-state index contributed by atoms with van der Waals surface area (Å²) in [4.78, 5) is 16.4. The van der Waals surface area contributed by atoms with Gasteiger partial charge in [-0.15, -0.1) is 0 Å². The standard InChI is InChI=1S/C15H17NO3/c1-10-16-15(9-19-10)7-6-12-11(8-15)4-3-5-13(12)14(17)18-2/h3-5H,6-9H2,1-2H3. The van der Waals surface area contributed by atoms with Gasteiger partial charge >= 0.3 is 5.97 Å². The first kappa shape index (κ1) is 12.2. The molecule has 1 heterocycles. The van der Waals surface area contributed by atoms with Gasteiger partial charge in [-0.05, 0) is 30.0 Å². The van der Waals surface area contributed by atoms with Crippen LogP contribution >= 0.6 is 0 Å². The Hall–Kier alpha value is -1.84. The lowest BCUT2D eigenvalue weighted by molar-refractivity contribution is 0.0598. The van der Waals surface area contributed by atoms with Crippen molar-refractivity contribution in [1.82, 2.24) is 0 Å². The van der Waals surface area contributed by atoms with Crippen molar-refractivity contribution < 1.29 is 14.3 Å². The molecule has 1 aromatic rings. The highest BCUT2D eigenvalue weighted by molar-refractivity contribution is 5.91. The predicted molar refractivity (Wildman–Crippen MR) is 71.6 cm³/mol. The summed E-state index contributed by atoms with van der Waals surface area (Å²) < 4.78 is 10.4. The molecule has 0 aromatic heterocycles. The second kappa shape index (κ2) is 4.37. The van der Waals surface area contributed by atoms with Gasteiger partial charge in [-0.3, -0.25) is 0 Å². The number of carbonyl (C=O) groups excluding carboxylic acids is 1. The van der Waals surface area contributed by atoms with Gasteiger partial charge in [-0.25, -0.2) is 9.79 Å². The molecule has 0 bridgehead atoms. The summed E-state index contributed by atoms with van der Waals surface area (Å²) in [6.45, 7) is 2.55. The Morgan fingerprint density at radius 3 is 3.00 bits per heavy atom. The fourth-order valence-electron chi connectivity index (χ4n) is 3.05. The minimum atomic E-state index is -0.254. The van der Waals surface area contributed by atoms with E-state index in [1.807, 2.05) is 19.1 Å². The van der Waals surface area contributed by atoms with E-state index in [4.69, 9.17) is 9.47 Å². The van der Waals surface area contributed by atoms with Gasteiger partial charge in [0, 0.05) is 13.3 Å². The van der Waals surface area contributed by atoms with Crippen molar-refractivity contribution in [2.75, 3.05) is 13.7 Å². The molecule has 1 aliphatic heterocycles. The van der Waals surface area contributed by atoms with Gasteiger partial charge in [0.2, 0.25) is 0 Å². The van der Waals surface area contributed by atoms with Crippen LogP contribution in [0.4, 0.5) is 0 Å². The Morgan fingerprint density at radius 1 is 1.47 bits per heavy atom. The minimum Gasteiger partial charge on any atom is -0.479 e. The average molecular weight is 259 g/mol. The lowest BCUT2D eigenvalue weighted by Gasteiger charge is -2.31. The molecule has 2 aliphatic rings. The summed E-state index contributed by atoms with van der Waals surface area (Å²) in [5, 5.41) is 0. The van der Waals surface area contributed by atoms with Crippen LogP contribution in [0, 0.1) is 0 Å². The first-order valence-corrected chi connectivity index (χ1v) is 6.52. The van der Waals surface area contributed by atoms with Gasteiger partial charge in [0.05, 0.1) is 12.7 Å². The van der Waals surface area contributed by atoms with E-state index in [0.717, 1.165) is 30.7 Å². The first-order valence-electron chi connectivity index (χ1n) is 6.52. The molecular weight excluding hydrogens is 242 g/mol. The van der Waals surface area contributed by atoms with Crippen LogP contribution in [0.2, 0.25) is 0 Å². The second-order valence-corrected chi connectivity index (χ2v) is 5.26. The van der Waals surface area contributed by atoms with Crippen molar-refractivity contribution in [1.29, 1.82) is 0 Å². The van der Waals surface area contributed by atoms with Crippen molar-refractivity contribution in [2.45, 2.75) is 31.7 Å². The number of fused-ring (bicyclic) bond motifs is 1. The highest BCUT2D eigenvalue weighted by Gasteiger charge is 2.39. The number of carbonyl (C=O) groups is 1. The van der Waals surface area contributed by atoms with Crippen LogP contribution < -0.4 is 0 Å². The maximum Gasteiger partial charge on any atom is 0.338 e. The van der Waals surface area contributed by atoms with E-state index in [9.17, 15) is 4.79 Å². The van der Waals surface area contributed by atoms with Crippen molar-refractivity contribution in [3.8, 4) is 0 Å². The summed E-state index contributed by atoms with van der Waals surface area (Å²) >= 11 is 0. The van der Waals surface area contributed by atoms with Crippen LogP contribution in [0.5, 0.6) is 0 Å². The van der Waals surface area contributed by atoms with E-state index in [2.05, 4.69) is 11.1 Å². The number of benzene rings is 1. The first-order chi connectivity index (χ1) is 9.13. The van der Waals surface area contributed by atoms with E-state index in [1.165, 1.54) is 12.7 Å². The molecular formula is C15H17NO3. The second-order valence-electron chi connectivity index (χ2n) is 5.26. The molecule has 4 heteroatoms. The molecule has 1 aliphatic carbocycles. The quantitative estimate of drug-likeness (QED) is 0.726. The Balaban J connectivity index is 1.97. The monoisotopic (exact) mass is 259 g/mol. The van der Waals surface area contributed by atoms with Crippen LogP contribution in [0.25, 0.3) is 0 Å². The van der Waals surface area contributed by atoms with Gasteiger partial charge in [-0.2, -0.15) is 0 Å². The van der Waals surface area contributed by atoms with E-state index in [1.54, 1.807) is 0 Å². The summed E-state index contributed by atoms with van der Waals surface area (Å²) in [6.07, 6.45) is 2.61. The van der Waals surface area contributed by atoms with E-state index >= 15 is 0 Å². The van der Waals surface area contributed by atoms with E-state index in [0.29, 0.717) is 12.2 Å². The fraction of sp³-hybridized carbons (Fsp3) is 0.467. The molecule has 100 valence electrons. The molecule has 1 aromatic carbocycles. The largest absolute Gasteiger partial charge is 0.479 e. The number of aliphatic imine (C=N–C) groups is 1. The lowest BCUT2D eigenvalue weighted by atomic mass is 9.77. The molecule has 4 nitrogen and oxygen atoms in total. The third-order valence-corrected chi connectivity index (χ3v) is 3.98. The Morgan fingerprint density at radius 2 is 2.32 bits per heavy atom. The number of hydrogen-bond donors (Lipinski definition) is 0. The zero-order valence-electron chi connectivity index (χ0n) is 11.2. The minimum absolute atomic E-state index is 0.119. The normalized spacial score (nSPS) is 24.6. The Kier molecular flexibility index (Phi) is 2.81. The predicted octanol–water partition coefficient (Wildman–Crippen LogP) is 2.15. The van der Waals surface area contributed by atoms with Crippen LogP contribution in [-0.4, -0.2) is 31.1 Å². The molecule has 0 amide bonds. The number of rotatable bonds is 1. The van der Waals surface area contributed by atoms with Crippen molar-refractivity contribution in [3.05, 3.63) is 34.9 Å². The molecule has 1 atom stereocenters. The van der Waals surface area contributed by atoms with Gasteiger partial charge in [0.15, 0.2) is 5.90 Å². The van der Waals surface area contributed by atoms with Crippen LogP contribution in [0.15, 0.2) is 23.2 Å². The maximum absolute atomic E-state index is 11.8. The molecule has 1 unspecified atom stereocenters. The van der Waals surface area contributed by atoms with Crippen LogP contribution in [0.1, 0.15) is 34.8 Å². The molecule has 0 saturated heterocycles. The summed E-state index contributed by atoms with van der Waals surface area (Å²) in [6, 6.07) is 5.82. The molecule has 19 heavy (non-hydrogen) atoms. The van der Waals surface area contributed by atoms with Crippen molar-refractivity contribution in [3.63, 3.8) is 0 Å². The smallest absolute Gasteiger partial charge is 0.338 e. The number of nitrogens with zero attached hydrogens (tertiary/aromatic N) is 1. The zero-order chi connectivity index (χ0) is 13.5. The third-order valence-electron chi connectivity index (χ3n) is 3.98. The highest BCUT2D eigenvalue weighted by Crippen LogP contribution is 2.36. The summed E-state index contributed by atoms with van der Waals surface area (Å²) in [5.41, 5.74) is 2.87. The average Bonchev–Trinajstić information content (AvgIpc) is 2.77. The topological polar surface area (TPSA) is 47.9 Å². The fourth-order valence-corrected chi connectivity index (χ4v) is 3.05. The van der Waals surface area contributed by atoms with Crippen LogP contribution in [0.3, 0.4) is 0 Å². The van der Waals surface area contributed by atoms with E-state index in [-0.39, 0.29) is 11.5 Å². The Labute approximate surface area is 112 Å². The third kappa shape index (κ3) is 2.01. The maximum atomic E-state index is 11.8. The Bertz CT molecular complexity index is 565. The lowest BCUT2D eigenvalue weighted by Crippen LogP contribution is -2.36. The molecule has 0 radical (unpaired) electrons. The number of ether oxygens (including phenoxy) is 2. The highest BCUT2D eigenvalue weighted by atomic mass is 16.5. The summed E-state index contributed by atoms with van der Waals surface area (Å²) in [5.74, 6) is 0.516. The number of methoxy groups -OCH3 is 1. The van der Waals surface area contributed by atoms with Crippen molar-refractivity contribution in [2.24, 2.45) is 4.99 Å². The summed E-state index contributed by atoms with van der Waals surface area (Å²) in [7, 11) is 1.42. The molecule has 0 saturated carbocycles. The number of esters is 1. The van der Waals surface area contributed by atoms with E-state index < -0.39 is 0 Å². The number of hydrogen-bond acceptors (Lipinski definition) is 4. The van der Waals surface area contributed by atoms with Gasteiger partial charge < -0.3 is 9.47 Å². The van der Waals surface area contributed by atoms with Gasteiger partial charge in [-0.1, -0.05) is 12.1 Å². The van der Waals surface area contributed by atoms with Gasteiger partial charge in [0.25, 0.3) is 0 Å². The SMILES string of the molecule is COC(=O)c1cccc2c1CCC1(COC(C)=N1)C2. The molecule has 0 N–H and O–H groups in total. The molecule has 1 spiro atoms. The molecule has 0 fully saturated rings. The van der Waals surface area contributed by atoms with Crippen LogP contribution in [-0.2, 0) is 22.3 Å².